The Kier molecular flexibility index (Phi) is 52.8. The fourth-order valence-electron chi connectivity index (χ4n) is 12.9. The molecule has 4 rings (SSSR count). The van der Waals surface area contributed by atoms with E-state index < -0.39 is 0 Å². The van der Waals surface area contributed by atoms with Crippen molar-refractivity contribution in [1.29, 1.82) is 0 Å². The van der Waals surface area contributed by atoms with Crippen LogP contribution in [0.5, 0.6) is 11.5 Å². The largest absolute Gasteiger partial charge is 0.494 e. The lowest BCUT2D eigenvalue weighted by Gasteiger charge is -2.24. The summed E-state index contributed by atoms with van der Waals surface area (Å²) in [5.74, 6) is 5.83. The van der Waals surface area contributed by atoms with E-state index in [0.29, 0.717) is 23.8 Å². The maximum Gasteiger partial charge on any atom is 0.233 e. The van der Waals surface area contributed by atoms with Crippen molar-refractivity contribution < 1.29 is 9.47 Å². The lowest BCUT2D eigenvalue weighted by atomic mass is 10.1. The average Bonchev–Trinajstić information content (AvgIpc) is 0.942. The molecule has 0 fully saturated rings. The monoisotopic (exact) mass is 1350 g/mol. The van der Waals surface area contributed by atoms with Crippen LogP contribution in [-0.2, 0) is 0 Å². The summed E-state index contributed by atoms with van der Waals surface area (Å²) < 4.78 is 12.4. The first-order valence-corrected chi connectivity index (χ1v) is 41.5. The van der Waals surface area contributed by atoms with Gasteiger partial charge in [-0.05, 0) is 99.9 Å². The Morgan fingerprint density at radius 3 is 0.742 bits per heavy atom. The van der Waals surface area contributed by atoms with Crippen LogP contribution in [0.1, 0.15) is 369 Å². The van der Waals surface area contributed by atoms with Crippen LogP contribution in [0.3, 0.4) is 0 Å². The van der Waals surface area contributed by atoms with Gasteiger partial charge in [0.15, 0.2) is 0 Å². The summed E-state index contributed by atoms with van der Waals surface area (Å²) in [7, 11) is 0. The van der Waals surface area contributed by atoms with Crippen molar-refractivity contribution in [1.82, 2.24) is 29.9 Å². The molecule has 2 heterocycles. The fraction of sp³-hybridized carbons (Fsp3) is 0.783. The van der Waals surface area contributed by atoms with Crippen molar-refractivity contribution in [3.63, 3.8) is 0 Å². The number of hydrogen-bond acceptors (Lipinski definition) is 14. The van der Waals surface area contributed by atoms with Crippen molar-refractivity contribution in [2.75, 3.05) is 83.5 Å². The van der Waals surface area contributed by atoms with Crippen LogP contribution < -0.4 is 40.5 Å². The van der Waals surface area contributed by atoms with Crippen molar-refractivity contribution in [2.24, 2.45) is 0 Å². The van der Waals surface area contributed by atoms with Gasteiger partial charge in [-0.2, -0.15) is 29.9 Å². The van der Waals surface area contributed by atoms with E-state index in [9.17, 15) is 0 Å². The van der Waals surface area contributed by atoms with E-state index in [-0.39, 0.29) is 0 Å². The van der Waals surface area contributed by atoms with Gasteiger partial charge in [0.25, 0.3) is 0 Å². The van der Waals surface area contributed by atoms with Gasteiger partial charge < -0.3 is 40.5 Å². The number of anilines is 8. The molecule has 0 atom stereocenters. The molecule has 2 aromatic carbocycles. The molecule has 97 heavy (non-hydrogen) atoms. The third kappa shape index (κ3) is 44.6. The minimum atomic E-state index is 0.584. The van der Waals surface area contributed by atoms with Crippen LogP contribution >= 0.6 is 0 Å². The van der Waals surface area contributed by atoms with E-state index in [1.54, 1.807) is 0 Å². The molecule has 4 aromatic rings. The van der Waals surface area contributed by atoms with E-state index in [1.165, 1.54) is 263 Å². The highest BCUT2D eigenvalue weighted by Gasteiger charge is 2.17. The van der Waals surface area contributed by atoms with Crippen LogP contribution in [0.2, 0.25) is 0 Å². The lowest BCUT2D eigenvalue weighted by molar-refractivity contribution is 0.304. The minimum Gasteiger partial charge on any atom is -0.494 e. The molecular formula is C83H148N12O2. The summed E-state index contributed by atoms with van der Waals surface area (Å²) in [5.41, 5.74) is 1.89. The number of hydrogen-bond donors (Lipinski definition) is 4. The van der Waals surface area contributed by atoms with Gasteiger partial charge in [0.05, 0.1) is 13.2 Å². The van der Waals surface area contributed by atoms with E-state index in [0.717, 1.165) is 151 Å². The zero-order valence-electron chi connectivity index (χ0n) is 63.7. The molecule has 0 aliphatic rings. The Bertz CT molecular complexity index is 2180. The predicted molar refractivity (Wildman–Crippen MR) is 421 cm³/mol. The van der Waals surface area contributed by atoms with Gasteiger partial charge in [0.1, 0.15) is 11.5 Å². The Morgan fingerprint density at radius 1 is 0.247 bits per heavy atom. The maximum absolute atomic E-state index is 6.19. The molecule has 0 radical (unpaired) electrons. The molecular weight excluding hydrogens is 1200 g/mol. The smallest absolute Gasteiger partial charge is 0.233 e. The zero-order valence-corrected chi connectivity index (χ0v) is 63.7. The van der Waals surface area contributed by atoms with E-state index in [1.807, 2.05) is 0 Å². The standard InChI is InChI=1S/C83H148N12O2/c1-7-13-19-25-31-33-35-40-48-56-72-96-76-62-58-74(59-63-76)86-80-88-78(90-82(92-80)94(68-52-44-27-21-15-9-3)69-53-45-28-22-16-10-4)84-66-50-42-38-37-39-43-51-67-85-79-89-81(87-75-60-64-77(65-61-75)97-73-57-49-41-36-34-32-26-20-14-8-2)93-83(91-79)95(70-54-46-29-23-17-11-5)71-55-47-30-24-18-12-6/h58-65H,7-57,66-73H2,1-6H3,(H2,84,86,88,90,92)(H2,85,87,89,91,93). The van der Waals surface area contributed by atoms with Gasteiger partial charge in [-0.3, -0.25) is 0 Å². The van der Waals surface area contributed by atoms with Crippen LogP contribution in [0, 0.1) is 0 Å². The second kappa shape index (κ2) is 60.8. The average molecular weight is 1350 g/mol. The third-order valence-corrected chi connectivity index (χ3v) is 19.1. The number of nitrogens with zero attached hydrogens (tertiary/aromatic N) is 8. The minimum absolute atomic E-state index is 0.584. The molecule has 14 nitrogen and oxygen atoms in total. The molecule has 0 unspecified atom stereocenters. The second-order valence-electron chi connectivity index (χ2n) is 28.3. The molecule has 0 saturated carbocycles. The third-order valence-electron chi connectivity index (χ3n) is 19.1. The molecule has 0 aliphatic heterocycles. The summed E-state index contributed by atoms with van der Waals surface area (Å²) >= 11 is 0. The second-order valence-corrected chi connectivity index (χ2v) is 28.3. The highest BCUT2D eigenvalue weighted by Crippen LogP contribution is 2.26. The first-order chi connectivity index (χ1) is 48.0. The fourth-order valence-corrected chi connectivity index (χ4v) is 12.9. The van der Waals surface area contributed by atoms with Gasteiger partial charge >= 0.3 is 0 Å². The Hall–Kier alpha value is -5.14. The number of ether oxygens (including phenoxy) is 2. The SMILES string of the molecule is CCCCCCCCCCCCOc1ccc(Nc2nc(NCCCCCCCCCNc3nc(Nc4ccc(OCCCCCCCCCCCC)cc4)nc(N(CCCCCCCC)CCCCCCCC)n3)nc(N(CCCCCCCC)CCCCCCCC)n2)cc1. The maximum atomic E-state index is 6.19. The number of benzene rings is 2. The molecule has 0 aliphatic carbocycles. The summed E-state index contributed by atoms with van der Waals surface area (Å²) in [4.78, 5) is 35.4. The van der Waals surface area contributed by atoms with Crippen molar-refractivity contribution >= 4 is 47.1 Å². The molecule has 2 aromatic heterocycles. The van der Waals surface area contributed by atoms with E-state index in [4.69, 9.17) is 39.4 Å². The Balaban J connectivity index is 1.32. The summed E-state index contributed by atoms with van der Waals surface area (Å²) in [6.45, 7) is 20.8. The quantitative estimate of drug-likeness (QED) is 0.0311. The number of aromatic nitrogens is 6. The summed E-state index contributed by atoms with van der Waals surface area (Å²) in [5, 5.41) is 14.4. The summed E-state index contributed by atoms with van der Waals surface area (Å²) in [6.07, 6.45) is 64.9. The van der Waals surface area contributed by atoms with Gasteiger partial charge in [0.2, 0.25) is 35.7 Å². The topological polar surface area (TPSA) is 150 Å². The normalized spacial score (nSPS) is 11.4. The van der Waals surface area contributed by atoms with Gasteiger partial charge in [0, 0.05) is 50.6 Å². The molecule has 14 heteroatoms. The highest BCUT2D eigenvalue weighted by molar-refractivity contribution is 5.58. The number of unbranched alkanes of at least 4 members (excludes halogenated alkanes) is 44. The number of rotatable bonds is 70. The van der Waals surface area contributed by atoms with E-state index in [2.05, 4.69) is 121 Å². The predicted octanol–water partition coefficient (Wildman–Crippen LogP) is 25.5. The lowest BCUT2D eigenvalue weighted by Crippen LogP contribution is -2.28. The first-order valence-electron chi connectivity index (χ1n) is 41.5. The molecule has 0 saturated heterocycles. The summed E-state index contributed by atoms with van der Waals surface area (Å²) in [6, 6.07) is 16.6. The molecule has 0 amide bonds. The highest BCUT2D eigenvalue weighted by atomic mass is 16.5. The van der Waals surface area contributed by atoms with Crippen LogP contribution in [0.25, 0.3) is 0 Å². The van der Waals surface area contributed by atoms with Crippen molar-refractivity contribution in [2.45, 2.75) is 369 Å². The van der Waals surface area contributed by atoms with Crippen LogP contribution in [0.15, 0.2) is 48.5 Å². The van der Waals surface area contributed by atoms with Gasteiger partial charge in [-0.1, -0.05) is 318 Å². The number of nitrogens with one attached hydrogen (secondary N) is 4. The van der Waals surface area contributed by atoms with Crippen molar-refractivity contribution in [3.8, 4) is 11.5 Å². The first kappa shape index (κ1) is 84.3. The van der Waals surface area contributed by atoms with Gasteiger partial charge in [-0.25, -0.2) is 0 Å². The zero-order chi connectivity index (χ0) is 68.8. The molecule has 0 bridgehead atoms. The Morgan fingerprint density at radius 2 is 0.474 bits per heavy atom. The Labute approximate surface area is 596 Å². The van der Waals surface area contributed by atoms with Crippen LogP contribution in [-0.4, -0.2) is 82.4 Å². The molecule has 552 valence electrons. The molecule has 0 spiro atoms. The van der Waals surface area contributed by atoms with Crippen LogP contribution in [0.4, 0.5) is 47.1 Å². The van der Waals surface area contributed by atoms with Crippen molar-refractivity contribution in [3.05, 3.63) is 48.5 Å². The van der Waals surface area contributed by atoms with E-state index >= 15 is 0 Å². The molecule has 4 N–H and O–H groups in total. The van der Waals surface area contributed by atoms with Gasteiger partial charge in [-0.15, -0.1) is 0 Å².